The Hall–Kier alpha value is -1.22. The van der Waals surface area contributed by atoms with Crippen LogP contribution < -0.4 is 4.74 Å². The van der Waals surface area contributed by atoms with Crippen molar-refractivity contribution in [2.75, 3.05) is 6.61 Å². The van der Waals surface area contributed by atoms with E-state index in [0.717, 1.165) is 30.8 Å². The third-order valence-corrected chi connectivity index (χ3v) is 4.53. The van der Waals surface area contributed by atoms with Gasteiger partial charge in [-0.3, -0.25) is 0 Å². The molecule has 0 spiro atoms. The number of hydrogen-bond donors (Lipinski definition) is 1. The van der Waals surface area contributed by atoms with Crippen LogP contribution in [-0.2, 0) is 12.8 Å². The molecule has 0 saturated carbocycles. The molecule has 1 unspecified atom stereocenters. The molecule has 0 aliphatic carbocycles. The molecular formula is C17H16Cl2O2. The van der Waals surface area contributed by atoms with Crippen molar-refractivity contribution >= 4 is 23.2 Å². The van der Waals surface area contributed by atoms with Crippen LogP contribution in [0.1, 0.15) is 29.2 Å². The van der Waals surface area contributed by atoms with Gasteiger partial charge in [-0.1, -0.05) is 41.4 Å². The molecule has 1 aliphatic rings. The van der Waals surface area contributed by atoms with Gasteiger partial charge in [0.15, 0.2) is 0 Å². The molecule has 2 aromatic rings. The van der Waals surface area contributed by atoms with Gasteiger partial charge < -0.3 is 9.84 Å². The van der Waals surface area contributed by atoms with Gasteiger partial charge in [-0.25, -0.2) is 0 Å². The second-order valence-electron chi connectivity index (χ2n) is 5.27. The third-order valence-electron chi connectivity index (χ3n) is 3.79. The number of hydrogen-bond acceptors (Lipinski definition) is 2. The lowest BCUT2D eigenvalue weighted by molar-refractivity contribution is 0.168. The molecule has 3 rings (SSSR count). The number of aryl methyl sites for hydroxylation is 1. The van der Waals surface area contributed by atoms with E-state index in [1.165, 1.54) is 11.1 Å². The van der Waals surface area contributed by atoms with Crippen molar-refractivity contribution in [1.82, 2.24) is 0 Å². The van der Waals surface area contributed by atoms with E-state index in [4.69, 9.17) is 27.9 Å². The number of fused-ring (bicyclic) bond motifs is 1. The lowest BCUT2D eigenvalue weighted by atomic mass is 9.99. The van der Waals surface area contributed by atoms with E-state index >= 15 is 0 Å². The Morgan fingerprint density at radius 1 is 1.10 bits per heavy atom. The fourth-order valence-corrected chi connectivity index (χ4v) is 2.89. The maximum atomic E-state index is 10.3. The van der Waals surface area contributed by atoms with Crippen LogP contribution in [-0.4, -0.2) is 11.7 Å². The highest BCUT2D eigenvalue weighted by Crippen LogP contribution is 2.29. The minimum atomic E-state index is -0.538. The molecule has 0 bridgehead atoms. The molecule has 2 nitrogen and oxygen atoms in total. The topological polar surface area (TPSA) is 29.5 Å². The van der Waals surface area contributed by atoms with E-state index in [1.54, 1.807) is 12.1 Å². The lowest BCUT2D eigenvalue weighted by Crippen LogP contribution is -2.00. The summed E-state index contributed by atoms with van der Waals surface area (Å²) in [4.78, 5) is 0. The smallest absolute Gasteiger partial charge is 0.122 e. The summed E-state index contributed by atoms with van der Waals surface area (Å²) in [6.45, 7) is 0.769. The van der Waals surface area contributed by atoms with E-state index < -0.39 is 6.10 Å². The molecule has 0 fully saturated rings. The summed E-state index contributed by atoms with van der Waals surface area (Å²) in [5.74, 6) is 0.990. The monoisotopic (exact) mass is 322 g/mol. The highest BCUT2D eigenvalue weighted by molar-refractivity contribution is 6.42. The van der Waals surface area contributed by atoms with Crippen LogP contribution in [0.2, 0.25) is 10.0 Å². The highest BCUT2D eigenvalue weighted by Gasteiger charge is 2.13. The predicted molar refractivity (Wildman–Crippen MR) is 85.4 cm³/mol. The average molecular weight is 323 g/mol. The fraction of sp³-hybridized carbons (Fsp3) is 0.294. The molecule has 1 aliphatic heterocycles. The van der Waals surface area contributed by atoms with Crippen LogP contribution in [0.15, 0.2) is 36.4 Å². The van der Waals surface area contributed by atoms with Crippen molar-refractivity contribution < 1.29 is 9.84 Å². The first-order valence-corrected chi connectivity index (χ1v) is 7.76. The van der Waals surface area contributed by atoms with E-state index in [2.05, 4.69) is 12.1 Å². The molecule has 0 aromatic heterocycles. The Morgan fingerprint density at radius 2 is 1.95 bits per heavy atom. The Morgan fingerprint density at radius 3 is 2.76 bits per heavy atom. The van der Waals surface area contributed by atoms with Gasteiger partial charge in [-0.05, 0) is 47.7 Å². The first-order chi connectivity index (χ1) is 10.1. The summed E-state index contributed by atoms with van der Waals surface area (Å²) in [7, 11) is 0. The van der Waals surface area contributed by atoms with E-state index in [0.29, 0.717) is 16.5 Å². The molecule has 0 amide bonds. The van der Waals surface area contributed by atoms with E-state index in [9.17, 15) is 5.11 Å². The quantitative estimate of drug-likeness (QED) is 0.891. The van der Waals surface area contributed by atoms with Gasteiger partial charge in [0, 0.05) is 6.42 Å². The first kappa shape index (κ1) is 14.7. The maximum absolute atomic E-state index is 10.3. The molecular weight excluding hydrogens is 307 g/mol. The number of rotatable bonds is 4. The molecule has 0 saturated heterocycles. The average Bonchev–Trinajstić information content (AvgIpc) is 2.95. The summed E-state index contributed by atoms with van der Waals surface area (Å²) < 4.78 is 5.50. The Balaban J connectivity index is 1.65. The standard InChI is InChI=1S/C17H16Cl2O2/c18-14-4-3-12(10-15(14)19)16(20)5-1-11-2-6-17-13(9-11)7-8-21-17/h2-4,6,9-10,16,20H,1,5,7-8H2. The van der Waals surface area contributed by atoms with Crippen molar-refractivity contribution in [3.8, 4) is 5.75 Å². The SMILES string of the molecule is OC(CCc1ccc2c(c1)CCO2)c1ccc(Cl)c(Cl)c1. The minimum absolute atomic E-state index is 0.475. The molecule has 1 atom stereocenters. The molecule has 1 N–H and O–H groups in total. The first-order valence-electron chi connectivity index (χ1n) is 7.01. The number of ether oxygens (including phenoxy) is 1. The number of halogens is 2. The van der Waals surface area contributed by atoms with Crippen LogP contribution in [0, 0.1) is 0 Å². The van der Waals surface area contributed by atoms with Crippen molar-refractivity contribution in [3.05, 3.63) is 63.1 Å². The Kier molecular flexibility index (Phi) is 4.39. The Labute approximate surface area is 134 Å². The van der Waals surface area contributed by atoms with Gasteiger partial charge in [0.2, 0.25) is 0 Å². The molecule has 110 valence electrons. The zero-order chi connectivity index (χ0) is 14.8. The molecule has 4 heteroatoms. The lowest BCUT2D eigenvalue weighted by Gasteiger charge is -2.12. The zero-order valence-electron chi connectivity index (χ0n) is 11.5. The van der Waals surface area contributed by atoms with Gasteiger partial charge in [0.25, 0.3) is 0 Å². The molecule has 21 heavy (non-hydrogen) atoms. The summed E-state index contributed by atoms with van der Waals surface area (Å²) in [6, 6.07) is 11.5. The summed E-state index contributed by atoms with van der Waals surface area (Å²) >= 11 is 11.9. The van der Waals surface area contributed by atoms with Gasteiger partial charge in [-0.2, -0.15) is 0 Å². The van der Waals surface area contributed by atoms with Crippen molar-refractivity contribution in [3.63, 3.8) is 0 Å². The third kappa shape index (κ3) is 3.34. The van der Waals surface area contributed by atoms with Crippen molar-refractivity contribution in [2.45, 2.75) is 25.4 Å². The van der Waals surface area contributed by atoms with Gasteiger partial charge in [0.05, 0.1) is 22.8 Å². The second-order valence-corrected chi connectivity index (χ2v) is 6.08. The van der Waals surface area contributed by atoms with E-state index in [1.807, 2.05) is 12.1 Å². The molecule has 0 radical (unpaired) electrons. The number of aliphatic hydroxyl groups is 1. The van der Waals surface area contributed by atoms with Crippen molar-refractivity contribution in [1.29, 1.82) is 0 Å². The second kappa shape index (κ2) is 6.27. The van der Waals surface area contributed by atoms with Gasteiger partial charge in [0.1, 0.15) is 5.75 Å². The number of benzene rings is 2. The molecule has 1 heterocycles. The van der Waals surface area contributed by atoms with Crippen LogP contribution in [0.4, 0.5) is 0 Å². The maximum Gasteiger partial charge on any atom is 0.122 e. The van der Waals surface area contributed by atoms with Crippen LogP contribution in [0.25, 0.3) is 0 Å². The number of aliphatic hydroxyl groups excluding tert-OH is 1. The van der Waals surface area contributed by atoms with Crippen LogP contribution >= 0.6 is 23.2 Å². The molecule has 2 aromatic carbocycles. The summed E-state index contributed by atoms with van der Waals surface area (Å²) in [5, 5.41) is 11.2. The van der Waals surface area contributed by atoms with Gasteiger partial charge >= 0.3 is 0 Å². The summed E-state index contributed by atoms with van der Waals surface area (Å²) in [6.07, 6.45) is 1.90. The van der Waals surface area contributed by atoms with E-state index in [-0.39, 0.29) is 0 Å². The van der Waals surface area contributed by atoms with Crippen LogP contribution in [0.3, 0.4) is 0 Å². The zero-order valence-corrected chi connectivity index (χ0v) is 13.0. The van der Waals surface area contributed by atoms with Crippen molar-refractivity contribution in [2.24, 2.45) is 0 Å². The largest absolute Gasteiger partial charge is 0.493 e. The summed E-state index contributed by atoms with van der Waals surface area (Å²) in [5.41, 5.74) is 3.28. The van der Waals surface area contributed by atoms with Gasteiger partial charge in [-0.15, -0.1) is 0 Å². The normalized spacial score (nSPS) is 14.6. The minimum Gasteiger partial charge on any atom is -0.493 e. The predicted octanol–water partition coefficient (Wildman–Crippen LogP) is 4.59. The highest BCUT2D eigenvalue weighted by atomic mass is 35.5. The Bertz CT molecular complexity index is 655. The fourth-order valence-electron chi connectivity index (χ4n) is 2.59. The van der Waals surface area contributed by atoms with Crippen LogP contribution in [0.5, 0.6) is 5.75 Å².